The Morgan fingerprint density at radius 1 is 0.912 bits per heavy atom. The van der Waals surface area contributed by atoms with Gasteiger partial charge in [-0.15, -0.1) is 0 Å². The highest BCUT2D eigenvalue weighted by molar-refractivity contribution is 7.89. The highest BCUT2D eigenvalue weighted by Crippen LogP contribution is 2.24. The van der Waals surface area contributed by atoms with Gasteiger partial charge in [-0.05, 0) is 37.1 Å². The van der Waals surface area contributed by atoms with Crippen LogP contribution in [0, 0.1) is 0 Å². The summed E-state index contributed by atoms with van der Waals surface area (Å²) in [5.41, 5.74) is 1.86. The Bertz CT molecular complexity index is 1330. The number of hydrogen-bond acceptors (Lipinski definition) is 6. The van der Waals surface area contributed by atoms with Crippen LogP contribution >= 0.6 is 0 Å². The van der Waals surface area contributed by atoms with Crippen molar-refractivity contribution in [2.75, 3.05) is 44.2 Å². The highest BCUT2D eigenvalue weighted by atomic mass is 32.2. The minimum absolute atomic E-state index is 0.0119. The Kier molecular flexibility index (Phi) is 6.18. The number of benzene rings is 2. The van der Waals surface area contributed by atoms with E-state index in [4.69, 9.17) is 4.42 Å². The van der Waals surface area contributed by atoms with E-state index in [0.717, 1.165) is 31.6 Å². The van der Waals surface area contributed by atoms with Gasteiger partial charge in [0.1, 0.15) is 0 Å². The van der Waals surface area contributed by atoms with E-state index in [-0.39, 0.29) is 29.4 Å². The van der Waals surface area contributed by atoms with Crippen molar-refractivity contribution in [3.8, 4) is 0 Å². The number of hydrogen-bond donors (Lipinski definition) is 0. The fourth-order valence-corrected chi connectivity index (χ4v) is 6.25. The number of sulfonamides is 1. The number of carbonyl (C=O) groups excluding carboxylic acids is 1. The van der Waals surface area contributed by atoms with Crippen molar-refractivity contribution in [2.24, 2.45) is 0 Å². The Labute approximate surface area is 198 Å². The summed E-state index contributed by atoms with van der Waals surface area (Å²) < 4.78 is 33.8. The molecule has 2 aliphatic heterocycles. The first-order chi connectivity index (χ1) is 16.4. The third kappa shape index (κ3) is 4.35. The van der Waals surface area contributed by atoms with Crippen LogP contribution in [0.3, 0.4) is 0 Å². The van der Waals surface area contributed by atoms with Crippen molar-refractivity contribution < 1.29 is 17.6 Å². The van der Waals surface area contributed by atoms with Gasteiger partial charge >= 0.3 is 5.76 Å². The lowest BCUT2D eigenvalue weighted by molar-refractivity contribution is -0.131. The Balaban J connectivity index is 1.24. The molecule has 0 unspecified atom stereocenters. The van der Waals surface area contributed by atoms with Gasteiger partial charge in [0, 0.05) is 64.0 Å². The number of nitrogens with zero attached hydrogens (tertiary/aromatic N) is 4. The van der Waals surface area contributed by atoms with Crippen LogP contribution in [0.2, 0.25) is 0 Å². The number of anilines is 1. The topological polar surface area (TPSA) is 96.1 Å². The van der Waals surface area contributed by atoms with Gasteiger partial charge in [0.15, 0.2) is 5.58 Å². The minimum Gasteiger partial charge on any atom is -0.408 e. The minimum atomic E-state index is -3.60. The second-order valence-electron chi connectivity index (χ2n) is 8.71. The molecule has 1 amide bonds. The second-order valence-corrected chi connectivity index (χ2v) is 10.7. The number of rotatable bonds is 6. The number of amides is 1. The molecule has 0 spiro atoms. The molecular weight excluding hydrogens is 456 g/mol. The molecule has 1 aromatic heterocycles. The summed E-state index contributed by atoms with van der Waals surface area (Å²) in [6.07, 6.45) is 1.87. The van der Waals surface area contributed by atoms with Gasteiger partial charge in [-0.1, -0.05) is 18.2 Å². The van der Waals surface area contributed by atoms with Crippen molar-refractivity contribution in [1.82, 2.24) is 13.8 Å². The van der Waals surface area contributed by atoms with Gasteiger partial charge in [-0.2, -0.15) is 4.31 Å². The zero-order chi connectivity index (χ0) is 23.7. The molecule has 34 heavy (non-hydrogen) atoms. The molecule has 0 saturated carbocycles. The monoisotopic (exact) mass is 484 g/mol. The molecule has 0 N–H and O–H groups in total. The number of para-hydroxylation sites is 1. The molecule has 180 valence electrons. The quantitative estimate of drug-likeness (QED) is 0.532. The summed E-state index contributed by atoms with van der Waals surface area (Å²) in [6, 6.07) is 14.6. The van der Waals surface area contributed by atoms with E-state index in [1.165, 1.54) is 21.0 Å². The molecule has 0 radical (unpaired) electrons. The zero-order valence-electron chi connectivity index (χ0n) is 18.9. The molecule has 2 fully saturated rings. The van der Waals surface area contributed by atoms with Crippen LogP contribution in [0.15, 0.2) is 62.6 Å². The fraction of sp³-hybridized carbons (Fsp3) is 0.417. The summed E-state index contributed by atoms with van der Waals surface area (Å²) in [5, 5.41) is 0. The van der Waals surface area contributed by atoms with Gasteiger partial charge < -0.3 is 14.2 Å². The van der Waals surface area contributed by atoms with Crippen LogP contribution in [0.25, 0.3) is 11.1 Å². The third-order valence-electron chi connectivity index (χ3n) is 6.65. The van der Waals surface area contributed by atoms with Gasteiger partial charge in [0.25, 0.3) is 0 Å². The number of aromatic nitrogens is 1. The molecule has 5 rings (SSSR count). The van der Waals surface area contributed by atoms with Crippen molar-refractivity contribution >= 4 is 32.7 Å². The maximum atomic E-state index is 12.8. The van der Waals surface area contributed by atoms with Crippen LogP contribution in [-0.4, -0.2) is 67.4 Å². The second kappa shape index (κ2) is 9.27. The zero-order valence-corrected chi connectivity index (χ0v) is 19.7. The first-order valence-electron chi connectivity index (χ1n) is 11.6. The molecular formula is C24H28N4O5S. The lowest BCUT2D eigenvalue weighted by Gasteiger charge is -2.36. The van der Waals surface area contributed by atoms with Crippen LogP contribution < -0.4 is 10.7 Å². The summed E-state index contributed by atoms with van der Waals surface area (Å²) >= 11 is 0. The first-order valence-corrected chi connectivity index (χ1v) is 13.1. The third-order valence-corrected chi connectivity index (χ3v) is 8.54. The first kappa shape index (κ1) is 22.7. The number of fused-ring (bicyclic) bond motifs is 1. The predicted molar refractivity (Wildman–Crippen MR) is 128 cm³/mol. The maximum absolute atomic E-state index is 12.8. The predicted octanol–water partition coefficient (Wildman–Crippen LogP) is 2.12. The molecule has 0 atom stereocenters. The smallest absolute Gasteiger partial charge is 0.408 e. The molecule has 3 aromatic rings. The highest BCUT2D eigenvalue weighted by Gasteiger charge is 2.28. The summed E-state index contributed by atoms with van der Waals surface area (Å²) in [6.45, 7) is 3.98. The summed E-state index contributed by atoms with van der Waals surface area (Å²) in [5.74, 6) is -0.602. The fourth-order valence-electron chi connectivity index (χ4n) is 4.71. The maximum Gasteiger partial charge on any atom is 0.419 e. The van der Waals surface area contributed by atoms with Crippen LogP contribution in [0.5, 0.6) is 0 Å². The van der Waals surface area contributed by atoms with E-state index in [1.807, 2.05) is 23.1 Å². The lowest BCUT2D eigenvalue weighted by Crippen LogP contribution is -2.49. The Hall–Kier alpha value is -3.11. The lowest BCUT2D eigenvalue weighted by atomic mass is 10.2. The molecule has 10 heteroatoms. The van der Waals surface area contributed by atoms with Crippen molar-refractivity contribution in [1.29, 1.82) is 0 Å². The summed E-state index contributed by atoms with van der Waals surface area (Å²) in [7, 11) is -3.60. The van der Waals surface area contributed by atoms with E-state index >= 15 is 0 Å². The van der Waals surface area contributed by atoms with Gasteiger partial charge in [0.2, 0.25) is 15.9 Å². The average molecular weight is 485 g/mol. The average Bonchev–Trinajstić information content (AvgIpc) is 3.51. The summed E-state index contributed by atoms with van der Waals surface area (Å²) in [4.78, 5) is 29.4. The van der Waals surface area contributed by atoms with Crippen molar-refractivity contribution in [2.45, 2.75) is 30.7 Å². The normalized spacial score (nSPS) is 17.5. The van der Waals surface area contributed by atoms with E-state index in [9.17, 15) is 18.0 Å². The molecule has 3 heterocycles. The molecule has 2 saturated heterocycles. The molecule has 2 aromatic carbocycles. The Morgan fingerprint density at radius 3 is 2.32 bits per heavy atom. The van der Waals surface area contributed by atoms with Crippen LogP contribution in [-0.2, 0) is 21.4 Å². The van der Waals surface area contributed by atoms with Crippen molar-refractivity contribution in [3.05, 3.63) is 59.1 Å². The molecule has 0 aliphatic carbocycles. The van der Waals surface area contributed by atoms with Crippen LogP contribution in [0.1, 0.15) is 19.3 Å². The van der Waals surface area contributed by atoms with Gasteiger partial charge in [-0.3, -0.25) is 9.36 Å². The van der Waals surface area contributed by atoms with Gasteiger partial charge in [0.05, 0.1) is 10.4 Å². The molecule has 0 bridgehead atoms. The SMILES string of the molecule is O=C(CCn1c(=O)oc2cc(S(=O)(=O)N3CCCC3)ccc21)N1CCN(c2ccccc2)CC1. The van der Waals surface area contributed by atoms with E-state index < -0.39 is 15.8 Å². The van der Waals surface area contributed by atoms with Crippen molar-refractivity contribution in [3.63, 3.8) is 0 Å². The number of aryl methyl sites for hydroxylation is 1. The van der Waals surface area contributed by atoms with E-state index in [2.05, 4.69) is 17.0 Å². The van der Waals surface area contributed by atoms with E-state index in [1.54, 1.807) is 6.07 Å². The number of carbonyl (C=O) groups is 1. The molecule has 9 nitrogen and oxygen atoms in total. The van der Waals surface area contributed by atoms with E-state index in [0.29, 0.717) is 31.7 Å². The number of piperazine rings is 1. The number of oxazole rings is 1. The molecule has 2 aliphatic rings. The van der Waals surface area contributed by atoms with Gasteiger partial charge in [-0.25, -0.2) is 13.2 Å². The Morgan fingerprint density at radius 2 is 1.62 bits per heavy atom. The largest absolute Gasteiger partial charge is 0.419 e. The standard InChI is InChI=1S/C24H28N4O5S/c29-23(26-16-14-25(15-17-26)19-6-2-1-3-7-19)10-13-28-21-9-8-20(18-22(21)33-24(28)30)34(31,32)27-11-4-5-12-27/h1-3,6-9,18H,4-5,10-17H2. The van der Waals surface area contributed by atoms with Crippen LogP contribution in [0.4, 0.5) is 5.69 Å².